The zero-order valence-electron chi connectivity index (χ0n) is 13.3. The summed E-state index contributed by atoms with van der Waals surface area (Å²) in [6, 6.07) is 12.3. The molecule has 1 fully saturated rings. The molecule has 1 aromatic carbocycles. The SMILES string of the molecule is Cc1cccc(C(C)(C)NC(=O)[C@H]2C[C@H]2c2cccnc2)c1. The van der Waals surface area contributed by atoms with Gasteiger partial charge in [0, 0.05) is 18.3 Å². The minimum atomic E-state index is -0.356. The third-order valence-corrected chi connectivity index (χ3v) is 4.42. The van der Waals surface area contributed by atoms with Gasteiger partial charge in [-0.05, 0) is 50.3 Å². The van der Waals surface area contributed by atoms with Gasteiger partial charge in [0.05, 0.1) is 5.54 Å². The van der Waals surface area contributed by atoms with Crippen molar-refractivity contribution in [1.82, 2.24) is 10.3 Å². The van der Waals surface area contributed by atoms with Gasteiger partial charge in [0.15, 0.2) is 0 Å². The molecular weight excluding hydrogens is 272 g/mol. The minimum absolute atomic E-state index is 0.0771. The van der Waals surface area contributed by atoms with E-state index in [1.54, 1.807) is 6.20 Å². The van der Waals surface area contributed by atoms with Crippen LogP contribution >= 0.6 is 0 Å². The first kappa shape index (κ1) is 14.8. The highest BCUT2D eigenvalue weighted by Crippen LogP contribution is 2.47. The van der Waals surface area contributed by atoms with Gasteiger partial charge in [-0.25, -0.2) is 0 Å². The highest BCUT2D eigenvalue weighted by Gasteiger charge is 2.45. The normalized spacial score (nSPS) is 20.5. The van der Waals surface area contributed by atoms with Crippen molar-refractivity contribution in [3.63, 3.8) is 0 Å². The summed E-state index contributed by atoms with van der Waals surface area (Å²) < 4.78 is 0. The Morgan fingerprint density at radius 3 is 2.77 bits per heavy atom. The molecule has 1 aliphatic rings. The second kappa shape index (κ2) is 5.56. The maximum Gasteiger partial charge on any atom is 0.224 e. The van der Waals surface area contributed by atoms with E-state index in [9.17, 15) is 4.79 Å². The van der Waals surface area contributed by atoms with Gasteiger partial charge in [-0.1, -0.05) is 35.9 Å². The fraction of sp³-hybridized carbons (Fsp3) is 0.368. The third kappa shape index (κ3) is 3.03. The maximum atomic E-state index is 12.5. The van der Waals surface area contributed by atoms with Crippen molar-refractivity contribution >= 4 is 5.91 Å². The average molecular weight is 294 g/mol. The number of amides is 1. The zero-order valence-corrected chi connectivity index (χ0v) is 13.3. The van der Waals surface area contributed by atoms with Gasteiger partial charge in [0.2, 0.25) is 5.91 Å². The number of benzene rings is 1. The molecule has 1 heterocycles. The Balaban J connectivity index is 1.67. The number of carbonyl (C=O) groups is 1. The van der Waals surface area contributed by atoms with E-state index in [4.69, 9.17) is 0 Å². The standard InChI is InChI=1S/C19H22N2O/c1-13-6-4-8-15(10-13)19(2,3)21-18(22)17-11-16(17)14-7-5-9-20-12-14/h4-10,12,16-17H,11H2,1-3H3,(H,21,22)/t16-,17-/m0/s1. The largest absolute Gasteiger partial charge is 0.347 e. The molecule has 0 radical (unpaired) electrons. The molecule has 1 aliphatic carbocycles. The average Bonchev–Trinajstić information content (AvgIpc) is 3.28. The summed E-state index contributed by atoms with van der Waals surface area (Å²) >= 11 is 0. The summed E-state index contributed by atoms with van der Waals surface area (Å²) in [6.07, 6.45) is 4.55. The van der Waals surface area contributed by atoms with Gasteiger partial charge < -0.3 is 5.32 Å². The Kier molecular flexibility index (Phi) is 3.73. The zero-order chi connectivity index (χ0) is 15.7. The molecule has 3 heteroatoms. The lowest BCUT2D eigenvalue weighted by Crippen LogP contribution is -2.42. The van der Waals surface area contributed by atoms with Crippen LogP contribution in [-0.2, 0) is 10.3 Å². The van der Waals surface area contributed by atoms with Gasteiger partial charge in [0.25, 0.3) is 0 Å². The minimum Gasteiger partial charge on any atom is -0.347 e. The quantitative estimate of drug-likeness (QED) is 0.937. The van der Waals surface area contributed by atoms with Crippen molar-refractivity contribution in [3.8, 4) is 0 Å². The smallest absolute Gasteiger partial charge is 0.224 e. The van der Waals surface area contributed by atoms with Crippen LogP contribution in [0.5, 0.6) is 0 Å². The first-order chi connectivity index (χ1) is 10.5. The van der Waals surface area contributed by atoms with Crippen LogP contribution in [0.4, 0.5) is 0 Å². The molecule has 1 saturated carbocycles. The highest BCUT2D eigenvalue weighted by molar-refractivity contribution is 5.83. The van der Waals surface area contributed by atoms with Gasteiger partial charge in [-0.3, -0.25) is 9.78 Å². The molecule has 0 spiro atoms. The molecule has 0 saturated heterocycles. The van der Waals surface area contributed by atoms with Crippen LogP contribution in [0.15, 0.2) is 48.8 Å². The number of carbonyl (C=O) groups excluding carboxylic acids is 1. The van der Waals surface area contributed by atoms with Crippen LogP contribution in [0, 0.1) is 12.8 Å². The van der Waals surface area contributed by atoms with Crippen molar-refractivity contribution in [2.24, 2.45) is 5.92 Å². The van der Waals surface area contributed by atoms with Crippen molar-refractivity contribution in [3.05, 3.63) is 65.5 Å². The molecule has 114 valence electrons. The first-order valence-electron chi connectivity index (χ1n) is 7.76. The molecule has 0 aliphatic heterocycles. The molecular formula is C19H22N2O. The number of rotatable bonds is 4. The number of hydrogen-bond acceptors (Lipinski definition) is 2. The lowest BCUT2D eigenvalue weighted by Gasteiger charge is -2.27. The predicted molar refractivity (Wildman–Crippen MR) is 87.4 cm³/mol. The summed E-state index contributed by atoms with van der Waals surface area (Å²) in [7, 11) is 0. The lowest BCUT2D eigenvalue weighted by atomic mass is 9.92. The molecule has 0 unspecified atom stereocenters. The van der Waals surface area contributed by atoms with Crippen molar-refractivity contribution in [2.45, 2.75) is 38.6 Å². The molecule has 1 N–H and O–H groups in total. The number of nitrogens with one attached hydrogen (secondary N) is 1. The van der Waals surface area contributed by atoms with E-state index in [2.05, 4.69) is 55.3 Å². The Morgan fingerprint density at radius 1 is 1.27 bits per heavy atom. The van der Waals surface area contributed by atoms with E-state index in [0.717, 1.165) is 17.5 Å². The van der Waals surface area contributed by atoms with Crippen LogP contribution in [0.1, 0.15) is 42.9 Å². The lowest BCUT2D eigenvalue weighted by molar-refractivity contribution is -0.124. The van der Waals surface area contributed by atoms with E-state index in [0.29, 0.717) is 5.92 Å². The topological polar surface area (TPSA) is 42.0 Å². The summed E-state index contributed by atoms with van der Waals surface area (Å²) in [5.41, 5.74) is 3.15. The van der Waals surface area contributed by atoms with Gasteiger partial charge in [-0.2, -0.15) is 0 Å². The van der Waals surface area contributed by atoms with E-state index in [1.165, 1.54) is 5.56 Å². The Labute approximate surface area is 131 Å². The highest BCUT2D eigenvalue weighted by atomic mass is 16.2. The number of aromatic nitrogens is 1. The van der Waals surface area contributed by atoms with Gasteiger partial charge in [0.1, 0.15) is 0 Å². The Morgan fingerprint density at radius 2 is 2.09 bits per heavy atom. The molecule has 3 nitrogen and oxygen atoms in total. The predicted octanol–water partition coefficient (Wildman–Crippen LogP) is 3.55. The van der Waals surface area contributed by atoms with Crippen LogP contribution in [-0.4, -0.2) is 10.9 Å². The molecule has 1 amide bonds. The first-order valence-corrected chi connectivity index (χ1v) is 7.76. The summed E-state index contributed by atoms with van der Waals surface area (Å²) in [5, 5.41) is 3.20. The van der Waals surface area contributed by atoms with Crippen molar-refractivity contribution in [2.75, 3.05) is 0 Å². The number of pyridine rings is 1. The van der Waals surface area contributed by atoms with E-state index in [1.807, 2.05) is 18.3 Å². The van der Waals surface area contributed by atoms with Crippen molar-refractivity contribution < 1.29 is 4.79 Å². The van der Waals surface area contributed by atoms with Crippen LogP contribution in [0.2, 0.25) is 0 Å². The van der Waals surface area contributed by atoms with Crippen molar-refractivity contribution in [1.29, 1.82) is 0 Å². The van der Waals surface area contributed by atoms with Crippen LogP contribution in [0.25, 0.3) is 0 Å². The summed E-state index contributed by atoms with van der Waals surface area (Å²) in [4.78, 5) is 16.7. The summed E-state index contributed by atoms with van der Waals surface area (Å²) in [6.45, 7) is 6.18. The number of hydrogen-bond donors (Lipinski definition) is 1. The Bertz CT molecular complexity index is 679. The molecule has 1 aromatic heterocycles. The molecule has 2 atom stereocenters. The molecule has 3 rings (SSSR count). The van der Waals surface area contributed by atoms with Gasteiger partial charge >= 0.3 is 0 Å². The van der Waals surface area contributed by atoms with Crippen LogP contribution < -0.4 is 5.32 Å². The fourth-order valence-corrected chi connectivity index (χ4v) is 2.96. The Hall–Kier alpha value is -2.16. The third-order valence-electron chi connectivity index (χ3n) is 4.42. The molecule has 0 bridgehead atoms. The van der Waals surface area contributed by atoms with E-state index < -0.39 is 0 Å². The monoisotopic (exact) mass is 294 g/mol. The number of nitrogens with zero attached hydrogens (tertiary/aromatic N) is 1. The van der Waals surface area contributed by atoms with E-state index in [-0.39, 0.29) is 17.4 Å². The van der Waals surface area contributed by atoms with Crippen LogP contribution in [0.3, 0.4) is 0 Å². The van der Waals surface area contributed by atoms with Gasteiger partial charge in [-0.15, -0.1) is 0 Å². The van der Waals surface area contributed by atoms with E-state index >= 15 is 0 Å². The number of aryl methyl sites for hydroxylation is 1. The maximum absolute atomic E-state index is 12.5. The molecule has 2 aromatic rings. The second-order valence-electron chi connectivity index (χ2n) is 6.72. The second-order valence-corrected chi connectivity index (χ2v) is 6.72. The fourth-order valence-electron chi connectivity index (χ4n) is 2.96. The molecule has 22 heavy (non-hydrogen) atoms. The summed E-state index contributed by atoms with van der Waals surface area (Å²) in [5.74, 6) is 0.538.